The van der Waals surface area contributed by atoms with Crippen molar-refractivity contribution in [2.45, 2.75) is 31.2 Å². The van der Waals surface area contributed by atoms with Crippen molar-refractivity contribution in [2.75, 3.05) is 46.0 Å². The van der Waals surface area contributed by atoms with Crippen LogP contribution in [0.3, 0.4) is 0 Å². The lowest BCUT2D eigenvalue weighted by Crippen LogP contribution is -2.49. The largest absolute Gasteiger partial charge is 0.394 e. The lowest BCUT2D eigenvalue weighted by molar-refractivity contribution is 0.0366. The van der Waals surface area contributed by atoms with Gasteiger partial charge in [0.2, 0.25) is 0 Å². The maximum absolute atomic E-state index is 9.46. The minimum atomic E-state index is 0.0340. The molecule has 4 nitrogen and oxygen atoms in total. The summed E-state index contributed by atoms with van der Waals surface area (Å²) in [4.78, 5) is 2.43. The van der Waals surface area contributed by atoms with E-state index in [0.29, 0.717) is 0 Å². The van der Waals surface area contributed by atoms with Gasteiger partial charge in [0, 0.05) is 31.7 Å². The number of nitrogens with one attached hydrogen (secondary N) is 1. The number of ether oxygens (including phenoxy) is 1. The predicted octanol–water partition coefficient (Wildman–Crippen LogP) is 0.213. The van der Waals surface area contributed by atoms with Crippen molar-refractivity contribution in [3.8, 4) is 0 Å². The molecule has 1 aliphatic heterocycles. The Balaban J connectivity index is 1.66. The van der Waals surface area contributed by atoms with Gasteiger partial charge in [-0.2, -0.15) is 0 Å². The summed E-state index contributed by atoms with van der Waals surface area (Å²) in [7, 11) is 0. The third kappa shape index (κ3) is 3.17. The van der Waals surface area contributed by atoms with Crippen molar-refractivity contribution in [3.05, 3.63) is 0 Å². The summed E-state index contributed by atoms with van der Waals surface area (Å²) in [5.74, 6) is 0. The first-order chi connectivity index (χ1) is 7.85. The van der Waals surface area contributed by atoms with Crippen molar-refractivity contribution < 1.29 is 9.84 Å². The predicted molar refractivity (Wildman–Crippen MR) is 63.5 cm³/mol. The maximum atomic E-state index is 9.46. The van der Waals surface area contributed by atoms with E-state index in [2.05, 4.69) is 10.2 Å². The van der Waals surface area contributed by atoms with Gasteiger partial charge in [-0.25, -0.2) is 0 Å². The van der Waals surface area contributed by atoms with Gasteiger partial charge in [0.25, 0.3) is 0 Å². The topological polar surface area (TPSA) is 44.7 Å². The van der Waals surface area contributed by atoms with Crippen LogP contribution in [0.15, 0.2) is 0 Å². The van der Waals surface area contributed by atoms with Crippen LogP contribution in [0.4, 0.5) is 0 Å². The number of rotatable bonds is 5. The molecule has 0 aromatic carbocycles. The molecule has 0 amide bonds. The minimum absolute atomic E-state index is 0.0340. The second kappa shape index (κ2) is 5.96. The monoisotopic (exact) mass is 228 g/mol. The molecule has 0 spiro atoms. The minimum Gasteiger partial charge on any atom is -0.394 e. The molecule has 0 radical (unpaired) electrons. The third-order valence-corrected chi connectivity index (χ3v) is 3.90. The van der Waals surface area contributed by atoms with Crippen molar-refractivity contribution in [1.82, 2.24) is 10.2 Å². The molecule has 2 fully saturated rings. The van der Waals surface area contributed by atoms with E-state index in [9.17, 15) is 5.11 Å². The van der Waals surface area contributed by atoms with Gasteiger partial charge in [0.15, 0.2) is 0 Å². The summed E-state index contributed by atoms with van der Waals surface area (Å²) in [6.45, 7) is 6.18. The highest BCUT2D eigenvalue weighted by atomic mass is 16.5. The van der Waals surface area contributed by atoms with Gasteiger partial charge in [-0.05, 0) is 12.8 Å². The molecule has 0 bridgehead atoms. The quantitative estimate of drug-likeness (QED) is 0.706. The van der Waals surface area contributed by atoms with Gasteiger partial charge >= 0.3 is 0 Å². The summed E-state index contributed by atoms with van der Waals surface area (Å²) < 4.78 is 5.32. The number of hydrogen-bond donors (Lipinski definition) is 2. The summed E-state index contributed by atoms with van der Waals surface area (Å²) in [5, 5.41) is 13.0. The lowest BCUT2D eigenvalue weighted by Gasteiger charge is -2.31. The van der Waals surface area contributed by atoms with E-state index in [4.69, 9.17) is 4.74 Å². The highest BCUT2D eigenvalue weighted by Gasteiger charge is 2.32. The Bertz CT molecular complexity index is 199. The molecule has 94 valence electrons. The molecule has 1 saturated carbocycles. The molecular weight excluding hydrogens is 204 g/mol. The van der Waals surface area contributed by atoms with Gasteiger partial charge in [0.05, 0.1) is 19.8 Å². The van der Waals surface area contributed by atoms with E-state index in [1.807, 2.05) is 0 Å². The molecule has 4 heteroatoms. The van der Waals surface area contributed by atoms with E-state index in [1.54, 1.807) is 0 Å². The van der Waals surface area contributed by atoms with Crippen molar-refractivity contribution in [1.29, 1.82) is 0 Å². The number of nitrogens with zero attached hydrogens (tertiary/aromatic N) is 1. The fourth-order valence-corrected chi connectivity index (χ4v) is 2.75. The second-order valence-electron chi connectivity index (χ2n) is 5.03. The average Bonchev–Trinajstić information content (AvgIpc) is 2.80. The van der Waals surface area contributed by atoms with Crippen LogP contribution < -0.4 is 5.32 Å². The molecule has 0 atom stereocenters. The zero-order valence-electron chi connectivity index (χ0n) is 10.1. The van der Waals surface area contributed by atoms with Crippen molar-refractivity contribution in [3.63, 3.8) is 0 Å². The van der Waals surface area contributed by atoms with Crippen LogP contribution in [-0.2, 0) is 4.74 Å². The standard InChI is InChI=1S/C12H24N2O2/c15-11-12(3-1-2-4-12)13-5-6-14-7-9-16-10-8-14/h13,15H,1-11H2. The summed E-state index contributed by atoms with van der Waals surface area (Å²) >= 11 is 0. The first-order valence-electron chi connectivity index (χ1n) is 6.51. The molecule has 2 aliphatic rings. The van der Waals surface area contributed by atoms with Gasteiger partial charge in [-0.15, -0.1) is 0 Å². The Kier molecular flexibility index (Phi) is 4.58. The van der Waals surface area contributed by atoms with Gasteiger partial charge in [0.1, 0.15) is 0 Å². The fraction of sp³-hybridized carbons (Fsp3) is 1.00. The Hall–Kier alpha value is -0.160. The van der Waals surface area contributed by atoms with Gasteiger partial charge in [-0.1, -0.05) is 12.8 Å². The number of aliphatic hydroxyl groups excluding tert-OH is 1. The number of morpholine rings is 1. The average molecular weight is 228 g/mol. The summed E-state index contributed by atoms with van der Waals surface area (Å²) in [6, 6.07) is 0. The zero-order valence-corrected chi connectivity index (χ0v) is 10.1. The van der Waals surface area contributed by atoms with Crippen molar-refractivity contribution >= 4 is 0 Å². The summed E-state index contributed by atoms with van der Waals surface area (Å²) in [5.41, 5.74) is 0.0340. The fourth-order valence-electron chi connectivity index (χ4n) is 2.75. The molecule has 2 N–H and O–H groups in total. The maximum Gasteiger partial charge on any atom is 0.0613 e. The molecule has 1 saturated heterocycles. The molecule has 2 rings (SSSR count). The smallest absolute Gasteiger partial charge is 0.0613 e. The van der Waals surface area contributed by atoms with Gasteiger partial charge in [-0.3, -0.25) is 4.90 Å². The highest BCUT2D eigenvalue weighted by molar-refractivity contribution is 4.92. The Morgan fingerprint density at radius 1 is 1.19 bits per heavy atom. The SMILES string of the molecule is OCC1(NCCN2CCOCC2)CCCC1. The van der Waals surface area contributed by atoms with Crippen LogP contribution in [0.2, 0.25) is 0 Å². The lowest BCUT2D eigenvalue weighted by atomic mass is 9.99. The molecular formula is C12H24N2O2. The number of aliphatic hydroxyl groups is 1. The van der Waals surface area contributed by atoms with E-state index < -0.39 is 0 Å². The Morgan fingerprint density at radius 2 is 1.88 bits per heavy atom. The first kappa shape index (κ1) is 12.3. The number of hydrogen-bond acceptors (Lipinski definition) is 4. The van der Waals surface area contributed by atoms with E-state index in [-0.39, 0.29) is 12.1 Å². The second-order valence-corrected chi connectivity index (χ2v) is 5.03. The molecule has 16 heavy (non-hydrogen) atoms. The van der Waals surface area contributed by atoms with Crippen LogP contribution in [-0.4, -0.2) is 61.5 Å². The zero-order chi connectivity index (χ0) is 11.3. The van der Waals surface area contributed by atoms with Crippen LogP contribution in [0.1, 0.15) is 25.7 Å². The Labute approximate surface area is 98.0 Å². The molecule has 1 aliphatic carbocycles. The Morgan fingerprint density at radius 3 is 2.50 bits per heavy atom. The van der Waals surface area contributed by atoms with E-state index in [0.717, 1.165) is 52.2 Å². The van der Waals surface area contributed by atoms with Crippen LogP contribution >= 0.6 is 0 Å². The summed E-state index contributed by atoms with van der Waals surface area (Å²) in [6.07, 6.45) is 4.77. The normalized spacial score (nSPS) is 26.1. The molecule has 0 unspecified atom stereocenters. The molecule has 0 aromatic heterocycles. The van der Waals surface area contributed by atoms with Crippen LogP contribution in [0.5, 0.6) is 0 Å². The highest BCUT2D eigenvalue weighted by Crippen LogP contribution is 2.28. The molecule has 1 heterocycles. The first-order valence-corrected chi connectivity index (χ1v) is 6.51. The van der Waals surface area contributed by atoms with Gasteiger partial charge < -0.3 is 15.2 Å². The third-order valence-electron chi connectivity index (χ3n) is 3.90. The van der Waals surface area contributed by atoms with Crippen molar-refractivity contribution in [2.24, 2.45) is 0 Å². The van der Waals surface area contributed by atoms with Crippen LogP contribution in [0, 0.1) is 0 Å². The van der Waals surface area contributed by atoms with Crippen LogP contribution in [0.25, 0.3) is 0 Å². The molecule has 0 aromatic rings. The van der Waals surface area contributed by atoms with E-state index in [1.165, 1.54) is 12.8 Å². The van der Waals surface area contributed by atoms with E-state index >= 15 is 0 Å².